The molecule has 1 unspecified atom stereocenters. The summed E-state index contributed by atoms with van der Waals surface area (Å²) >= 11 is 0. The number of para-hydroxylation sites is 1. The summed E-state index contributed by atoms with van der Waals surface area (Å²) in [5.41, 5.74) is 6.48. The zero-order valence-corrected chi connectivity index (χ0v) is 10.2. The SMILES string of the molecule is COc1cccc(C(CN)OCCO)c1OC. The van der Waals surface area contributed by atoms with E-state index in [1.54, 1.807) is 14.2 Å². The number of methoxy groups -OCH3 is 2. The number of hydrogen-bond donors (Lipinski definition) is 2. The molecule has 0 aromatic heterocycles. The van der Waals surface area contributed by atoms with Crippen LogP contribution in [0, 0.1) is 0 Å². The summed E-state index contributed by atoms with van der Waals surface area (Å²) in [5, 5.41) is 8.76. The molecule has 0 aliphatic rings. The Labute approximate surface area is 101 Å². The average molecular weight is 241 g/mol. The summed E-state index contributed by atoms with van der Waals surface area (Å²) in [7, 11) is 3.15. The Morgan fingerprint density at radius 2 is 2.06 bits per heavy atom. The van der Waals surface area contributed by atoms with E-state index in [0.717, 1.165) is 5.56 Å². The Bertz CT molecular complexity index is 343. The maximum absolute atomic E-state index is 8.76. The Balaban J connectivity index is 3.00. The van der Waals surface area contributed by atoms with E-state index >= 15 is 0 Å². The monoisotopic (exact) mass is 241 g/mol. The van der Waals surface area contributed by atoms with E-state index in [-0.39, 0.29) is 19.3 Å². The van der Waals surface area contributed by atoms with Gasteiger partial charge in [-0.25, -0.2) is 0 Å². The fourth-order valence-corrected chi connectivity index (χ4v) is 1.65. The molecule has 0 aliphatic carbocycles. The lowest BCUT2D eigenvalue weighted by atomic mass is 10.1. The minimum atomic E-state index is -0.313. The van der Waals surface area contributed by atoms with Gasteiger partial charge in [0.15, 0.2) is 11.5 Å². The molecular weight excluding hydrogens is 222 g/mol. The van der Waals surface area contributed by atoms with Crippen molar-refractivity contribution in [3.8, 4) is 11.5 Å². The second-order valence-electron chi connectivity index (χ2n) is 3.40. The molecule has 0 heterocycles. The molecular formula is C12H19NO4. The van der Waals surface area contributed by atoms with Crippen LogP contribution in [0.4, 0.5) is 0 Å². The maximum atomic E-state index is 8.76. The van der Waals surface area contributed by atoms with Crippen LogP contribution in [0.2, 0.25) is 0 Å². The molecule has 3 N–H and O–H groups in total. The Kier molecular flexibility index (Phi) is 5.76. The van der Waals surface area contributed by atoms with Crippen molar-refractivity contribution in [2.45, 2.75) is 6.10 Å². The van der Waals surface area contributed by atoms with Gasteiger partial charge in [-0.05, 0) is 6.07 Å². The molecule has 0 aliphatic heterocycles. The minimum absolute atomic E-state index is 0.0389. The molecule has 1 aromatic rings. The molecule has 1 rings (SSSR count). The lowest BCUT2D eigenvalue weighted by molar-refractivity contribution is 0.0314. The first-order chi connectivity index (χ1) is 8.28. The minimum Gasteiger partial charge on any atom is -0.493 e. The summed E-state index contributed by atoms with van der Waals surface area (Å²) < 4.78 is 16.0. The van der Waals surface area contributed by atoms with E-state index in [1.165, 1.54) is 0 Å². The van der Waals surface area contributed by atoms with Crippen molar-refractivity contribution < 1.29 is 19.3 Å². The third kappa shape index (κ3) is 3.33. The van der Waals surface area contributed by atoms with Gasteiger partial charge < -0.3 is 25.1 Å². The van der Waals surface area contributed by atoms with Crippen LogP contribution in [0.5, 0.6) is 11.5 Å². The van der Waals surface area contributed by atoms with Gasteiger partial charge in [0, 0.05) is 12.1 Å². The fourth-order valence-electron chi connectivity index (χ4n) is 1.65. The summed E-state index contributed by atoms with van der Waals surface area (Å²) in [4.78, 5) is 0. The van der Waals surface area contributed by atoms with Crippen molar-refractivity contribution in [3.63, 3.8) is 0 Å². The number of nitrogens with two attached hydrogens (primary N) is 1. The van der Waals surface area contributed by atoms with Gasteiger partial charge >= 0.3 is 0 Å². The van der Waals surface area contributed by atoms with Crippen LogP contribution in [0.15, 0.2) is 18.2 Å². The number of aliphatic hydroxyl groups excluding tert-OH is 1. The van der Waals surface area contributed by atoms with E-state index in [0.29, 0.717) is 18.0 Å². The van der Waals surface area contributed by atoms with Crippen molar-refractivity contribution in [1.82, 2.24) is 0 Å². The van der Waals surface area contributed by atoms with Crippen molar-refractivity contribution in [2.75, 3.05) is 34.0 Å². The molecule has 1 aromatic carbocycles. The van der Waals surface area contributed by atoms with Crippen LogP contribution in [-0.4, -0.2) is 39.1 Å². The molecule has 5 heteroatoms. The standard InChI is InChI=1S/C12H19NO4/c1-15-10-5-3-4-9(12(10)16-2)11(8-13)17-7-6-14/h3-5,11,14H,6-8,13H2,1-2H3. The van der Waals surface area contributed by atoms with Crippen molar-refractivity contribution in [3.05, 3.63) is 23.8 Å². The van der Waals surface area contributed by atoms with E-state index < -0.39 is 0 Å². The lowest BCUT2D eigenvalue weighted by Gasteiger charge is -2.20. The first kappa shape index (κ1) is 13.8. The molecule has 17 heavy (non-hydrogen) atoms. The van der Waals surface area contributed by atoms with Gasteiger partial charge in [-0.3, -0.25) is 0 Å². The predicted octanol–water partition coefficient (Wildman–Crippen LogP) is 0.713. The molecule has 0 fully saturated rings. The van der Waals surface area contributed by atoms with Crippen LogP contribution in [0.3, 0.4) is 0 Å². The second-order valence-corrected chi connectivity index (χ2v) is 3.40. The molecule has 0 radical (unpaired) electrons. The molecule has 1 atom stereocenters. The largest absolute Gasteiger partial charge is 0.493 e. The van der Waals surface area contributed by atoms with Crippen molar-refractivity contribution >= 4 is 0 Å². The van der Waals surface area contributed by atoms with Crippen LogP contribution in [-0.2, 0) is 4.74 Å². The van der Waals surface area contributed by atoms with Crippen LogP contribution >= 0.6 is 0 Å². The first-order valence-electron chi connectivity index (χ1n) is 5.41. The molecule has 0 saturated heterocycles. The quantitative estimate of drug-likeness (QED) is 0.735. The highest BCUT2D eigenvalue weighted by Crippen LogP contribution is 2.35. The summed E-state index contributed by atoms with van der Waals surface area (Å²) in [6, 6.07) is 5.53. The number of hydrogen-bond acceptors (Lipinski definition) is 5. The molecule has 96 valence electrons. The number of ether oxygens (including phenoxy) is 3. The first-order valence-corrected chi connectivity index (χ1v) is 5.41. The molecule has 0 saturated carbocycles. The molecule has 0 amide bonds. The van der Waals surface area contributed by atoms with Gasteiger partial charge in [0.2, 0.25) is 0 Å². The normalized spacial score (nSPS) is 12.2. The van der Waals surface area contributed by atoms with E-state index in [1.807, 2.05) is 18.2 Å². The van der Waals surface area contributed by atoms with Crippen LogP contribution in [0.1, 0.15) is 11.7 Å². The van der Waals surface area contributed by atoms with Gasteiger partial charge in [0.25, 0.3) is 0 Å². The van der Waals surface area contributed by atoms with Gasteiger partial charge in [-0.1, -0.05) is 12.1 Å². The van der Waals surface area contributed by atoms with Crippen LogP contribution < -0.4 is 15.2 Å². The third-order valence-electron chi connectivity index (χ3n) is 2.40. The van der Waals surface area contributed by atoms with Crippen LogP contribution in [0.25, 0.3) is 0 Å². The Morgan fingerprint density at radius 1 is 1.29 bits per heavy atom. The zero-order chi connectivity index (χ0) is 12.7. The van der Waals surface area contributed by atoms with Gasteiger partial charge in [0.1, 0.15) is 0 Å². The highest BCUT2D eigenvalue weighted by atomic mass is 16.5. The van der Waals surface area contributed by atoms with Gasteiger partial charge in [-0.2, -0.15) is 0 Å². The Morgan fingerprint density at radius 3 is 2.59 bits per heavy atom. The summed E-state index contributed by atoms with van der Waals surface area (Å²) in [5.74, 6) is 1.25. The second kappa shape index (κ2) is 7.11. The van der Waals surface area contributed by atoms with Crippen molar-refractivity contribution in [1.29, 1.82) is 0 Å². The molecule has 5 nitrogen and oxygen atoms in total. The van der Waals surface area contributed by atoms with E-state index in [9.17, 15) is 0 Å². The smallest absolute Gasteiger partial charge is 0.166 e. The number of aliphatic hydroxyl groups is 1. The third-order valence-corrected chi connectivity index (χ3v) is 2.40. The zero-order valence-electron chi connectivity index (χ0n) is 10.2. The van der Waals surface area contributed by atoms with Gasteiger partial charge in [0.05, 0.1) is 33.5 Å². The maximum Gasteiger partial charge on any atom is 0.166 e. The summed E-state index contributed by atoms with van der Waals surface area (Å²) in [6.07, 6.45) is -0.313. The average Bonchev–Trinajstić information content (AvgIpc) is 2.39. The van der Waals surface area contributed by atoms with Crippen molar-refractivity contribution in [2.24, 2.45) is 5.73 Å². The Hall–Kier alpha value is -1.30. The topological polar surface area (TPSA) is 73.9 Å². The number of rotatable bonds is 7. The molecule has 0 bridgehead atoms. The number of benzene rings is 1. The highest BCUT2D eigenvalue weighted by molar-refractivity contribution is 5.47. The summed E-state index contributed by atoms with van der Waals surface area (Å²) in [6.45, 7) is 0.508. The highest BCUT2D eigenvalue weighted by Gasteiger charge is 2.18. The predicted molar refractivity (Wildman–Crippen MR) is 64.4 cm³/mol. The fraction of sp³-hybridized carbons (Fsp3) is 0.500. The van der Waals surface area contributed by atoms with E-state index in [2.05, 4.69) is 0 Å². The lowest BCUT2D eigenvalue weighted by Crippen LogP contribution is -2.18. The van der Waals surface area contributed by atoms with E-state index in [4.69, 9.17) is 25.1 Å². The molecule has 0 spiro atoms. The van der Waals surface area contributed by atoms with Gasteiger partial charge in [-0.15, -0.1) is 0 Å².